The lowest BCUT2D eigenvalue weighted by atomic mass is 9.82. The fraction of sp³-hybridized carbons (Fsp3) is 0.647. The number of rotatable bonds is 3. The highest BCUT2D eigenvalue weighted by Gasteiger charge is 2.28. The molecule has 0 spiro atoms. The fourth-order valence-electron chi connectivity index (χ4n) is 3.89. The van der Waals surface area contributed by atoms with Crippen molar-refractivity contribution in [3.8, 4) is 0 Å². The van der Waals surface area contributed by atoms with Crippen molar-refractivity contribution < 1.29 is 0 Å². The van der Waals surface area contributed by atoms with E-state index >= 15 is 0 Å². The maximum absolute atomic E-state index is 5.95. The van der Waals surface area contributed by atoms with E-state index in [-0.39, 0.29) is 0 Å². The van der Waals surface area contributed by atoms with Gasteiger partial charge in [-0.15, -0.1) is 0 Å². The van der Waals surface area contributed by atoms with Crippen LogP contribution in [-0.4, -0.2) is 12.6 Å². The van der Waals surface area contributed by atoms with Gasteiger partial charge < -0.3 is 11.1 Å². The smallest absolute Gasteiger partial charge is 0.0325 e. The summed E-state index contributed by atoms with van der Waals surface area (Å²) in [4.78, 5) is 0. The molecule has 3 N–H and O–H groups in total. The minimum absolute atomic E-state index is 0.557. The van der Waals surface area contributed by atoms with Gasteiger partial charge in [-0.25, -0.2) is 0 Å². The van der Waals surface area contributed by atoms with Gasteiger partial charge in [-0.3, -0.25) is 0 Å². The molecule has 1 aromatic rings. The van der Waals surface area contributed by atoms with Crippen molar-refractivity contribution in [1.82, 2.24) is 5.32 Å². The molecule has 0 saturated heterocycles. The third kappa shape index (κ3) is 2.85. The van der Waals surface area contributed by atoms with Crippen LogP contribution in [0.4, 0.5) is 0 Å². The quantitative estimate of drug-likeness (QED) is 0.874. The van der Waals surface area contributed by atoms with Gasteiger partial charge in [0.1, 0.15) is 0 Å². The largest absolute Gasteiger partial charge is 0.330 e. The summed E-state index contributed by atoms with van der Waals surface area (Å²) in [5, 5.41) is 3.94. The highest BCUT2D eigenvalue weighted by atomic mass is 15.0. The Morgan fingerprint density at radius 1 is 1.05 bits per heavy atom. The number of hydrogen-bond donors (Lipinski definition) is 2. The highest BCUT2D eigenvalue weighted by Crippen LogP contribution is 2.32. The molecular weight excluding hydrogens is 232 g/mol. The summed E-state index contributed by atoms with van der Waals surface area (Å²) in [6, 6.07) is 10.2. The van der Waals surface area contributed by atoms with Crippen LogP contribution in [0.5, 0.6) is 0 Å². The van der Waals surface area contributed by atoms with Crippen molar-refractivity contribution in [3.05, 3.63) is 35.4 Å². The second-order valence-electron chi connectivity index (χ2n) is 6.20. The number of benzene rings is 1. The maximum atomic E-state index is 5.95. The molecule has 0 aromatic heterocycles. The number of hydrogen-bond acceptors (Lipinski definition) is 2. The molecule has 2 heteroatoms. The van der Waals surface area contributed by atoms with E-state index in [0.717, 1.165) is 6.54 Å². The molecular formula is C17H26N2. The Balaban J connectivity index is 1.73. The van der Waals surface area contributed by atoms with Gasteiger partial charge in [0, 0.05) is 12.1 Å². The Hall–Kier alpha value is -0.860. The Morgan fingerprint density at radius 2 is 1.89 bits per heavy atom. The maximum Gasteiger partial charge on any atom is 0.0325 e. The van der Waals surface area contributed by atoms with Gasteiger partial charge in [-0.1, -0.05) is 37.1 Å². The number of nitrogens with two attached hydrogens (primary N) is 1. The molecule has 19 heavy (non-hydrogen) atoms. The van der Waals surface area contributed by atoms with Crippen LogP contribution in [0.2, 0.25) is 0 Å². The Bertz CT molecular complexity index is 415. The van der Waals surface area contributed by atoms with Gasteiger partial charge in [0.2, 0.25) is 0 Å². The van der Waals surface area contributed by atoms with E-state index in [1.54, 1.807) is 5.56 Å². The zero-order valence-corrected chi connectivity index (χ0v) is 11.8. The first-order chi connectivity index (χ1) is 9.38. The van der Waals surface area contributed by atoms with Crippen LogP contribution in [0.3, 0.4) is 0 Å². The standard InChI is InChI=1S/C17H26N2/c18-12-14-7-2-4-10-16(14)19-17-11-5-8-13-6-1-3-9-15(13)17/h1,3,6,9,14,16-17,19H,2,4-5,7-8,10-12,18H2. The van der Waals surface area contributed by atoms with Crippen LogP contribution >= 0.6 is 0 Å². The summed E-state index contributed by atoms with van der Waals surface area (Å²) < 4.78 is 0. The summed E-state index contributed by atoms with van der Waals surface area (Å²) in [6.07, 6.45) is 9.19. The number of aryl methyl sites for hydroxylation is 1. The first-order valence-electron chi connectivity index (χ1n) is 7.92. The molecule has 2 aliphatic rings. The van der Waals surface area contributed by atoms with Crippen molar-refractivity contribution in [2.45, 2.75) is 57.0 Å². The lowest BCUT2D eigenvalue weighted by molar-refractivity contribution is 0.240. The van der Waals surface area contributed by atoms with E-state index in [1.165, 1.54) is 50.5 Å². The van der Waals surface area contributed by atoms with Crippen molar-refractivity contribution in [3.63, 3.8) is 0 Å². The zero-order chi connectivity index (χ0) is 13.1. The van der Waals surface area contributed by atoms with Crippen LogP contribution in [0, 0.1) is 5.92 Å². The molecule has 3 atom stereocenters. The molecule has 3 rings (SSSR count). The van der Waals surface area contributed by atoms with Gasteiger partial charge in [0.05, 0.1) is 0 Å². The summed E-state index contributed by atoms with van der Waals surface area (Å²) in [5.41, 5.74) is 9.04. The van der Waals surface area contributed by atoms with E-state index in [9.17, 15) is 0 Å². The Labute approximate surface area is 116 Å². The predicted molar refractivity (Wildman–Crippen MR) is 80.1 cm³/mol. The molecule has 1 saturated carbocycles. The fourth-order valence-corrected chi connectivity index (χ4v) is 3.89. The Kier molecular flexibility index (Phi) is 4.19. The van der Waals surface area contributed by atoms with E-state index < -0.39 is 0 Å². The molecule has 1 aromatic carbocycles. The summed E-state index contributed by atoms with van der Waals surface area (Å²) in [5.74, 6) is 0.683. The predicted octanol–water partition coefficient (Wildman–Crippen LogP) is 3.17. The molecule has 0 bridgehead atoms. The highest BCUT2D eigenvalue weighted by molar-refractivity contribution is 5.32. The molecule has 0 aliphatic heterocycles. The van der Waals surface area contributed by atoms with Gasteiger partial charge >= 0.3 is 0 Å². The topological polar surface area (TPSA) is 38.0 Å². The molecule has 2 aliphatic carbocycles. The molecule has 104 valence electrons. The SMILES string of the molecule is NCC1CCCCC1NC1CCCc2ccccc21. The Morgan fingerprint density at radius 3 is 2.79 bits per heavy atom. The second kappa shape index (κ2) is 6.06. The summed E-state index contributed by atoms with van der Waals surface area (Å²) >= 11 is 0. The van der Waals surface area contributed by atoms with Gasteiger partial charge in [-0.2, -0.15) is 0 Å². The first kappa shape index (κ1) is 13.1. The van der Waals surface area contributed by atoms with Gasteiger partial charge in [-0.05, 0) is 55.7 Å². The lowest BCUT2D eigenvalue weighted by Gasteiger charge is -2.36. The van der Waals surface area contributed by atoms with Crippen LogP contribution in [-0.2, 0) is 6.42 Å². The molecule has 0 heterocycles. The van der Waals surface area contributed by atoms with E-state index in [0.29, 0.717) is 18.0 Å². The van der Waals surface area contributed by atoms with Crippen LogP contribution in [0.1, 0.15) is 55.7 Å². The first-order valence-corrected chi connectivity index (χ1v) is 7.92. The normalized spacial score (nSPS) is 30.9. The molecule has 3 unspecified atom stereocenters. The van der Waals surface area contributed by atoms with Crippen molar-refractivity contribution in [1.29, 1.82) is 0 Å². The molecule has 1 fully saturated rings. The summed E-state index contributed by atoms with van der Waals surface area (Å²) in [6.45, 7) is 0.839. The summed E-state index contributed by atoms with van der Waals surface area (Å²) in [7, 11) is 0. The third-order valence-electron chi connectivity index (χ3n) is 5.00. The van der Waals surface area contributed by atoms with Crippen LogP contribution in [0.15, 0.2) is 24.3 Å². The number of fused-ring (bicyclic) bond motifs is 1. The average molecular weight is 258 g/mol. The van der Waals surface area contributed by atoms with Crippen molar-refractivity contribution >= 4 is 0 Å². The van der Waals surface area contributed by atoms with Gasteiger partial charge in [0.15, 0.2) is 0 Å². The lowest BCUT2D eigenvalue weighted by Crippen LogP contribution is -2.44. The molecule has 0 amide bonds. The van der Waals surface area contributed by atoms with Crippen molar-refractivity contribution in [2.24, 2.45) is 11.7 Å². The van der Waals surface area contributed by atoms with Crippen molar-refractivity contribution in [2.75, 3.05) is 6.54 Å². The van der Waals surface area contributed by atoms with Crippen LogP contribution in [0.25, 0.3) is 0 Å². The second-order valence-corrected chi connectivity index (χ2v) is 6.20. The van der Waals surface area contributed by atoms with E-state index in [2.05, 4.69) is 29.6 Å². The average Bonchev–Trinajstić information content (AvgIpc) is 2.48. The van der Waals surface area contributed by atoms with Gasteiger partial charge in [0.25, 0.3) is 0 Å². The minimum Gasteiger partial charge on any atom is -0.330 e. The van der Waals surface area contributed by atoms with Crippen LogP contribution < -0.4 is 11.1 Å². The third-order valence-corrected chi connectivity index (χ3v) is 5.00. The van der Waals surface area contributed by atoms with E-state index in [4.69, 9.17) is 5.73 Å². The monoisotopic (exact) mass is 258 g/mol. The zero-order valence-electron chi connectivity index (χ0n) is 11.8. The minimum atomic E-state index is 0.557. The molecule has 2 nitrogen and oxygen atoms in total. The number of nitrogens with one attached hydrogen (secondary N) is 1. The van der Waals surface area contributed by atoms with E-state index in [1.807, 2.05) is 0 Å². The molecule has 0 radical (unpaired) electrons.